The number of carbonyl (C=O) groups is 1. The summed E-state index contributed by atoms with van der Waals surface area (Å²) in [5.41, 5.74) is 2.58. The van der Waals surface area contributed by atoms with Gasteiger partial charge in [0.05, 0.1) is 6.42 Å². The Kier molecular flexibility index (Phi) is 4.30. The van der Waals surface area contributed by atoms with E-state index in [1.54, 1.807) is 23.5 Å². The molecule has 0 aliphatic heterocycles. The van der Waals surface area contributed by atoms with Gasteiger partial charge in [0.15, 0.2) is 0 Å². The second kappa shape index (κ2) is 6.54. The van der Waals surface area contributed by atoms with E-state index in [0.717, 1.165) is 21.7 Å². The van der Waals surface area contributed by atoms with Crippen molar-refractivity contribution in [3.8, 4) is 10.4 Å². The van der Waals surface area contributed by atoms with Gasteiger partial charge in [-0.2, -0.15) is 0 Å². The lowest BCUT2D eigenvalue weighted by Crippen LogP contribution is -2.14. The summed E-state index contributed by atoms with van der Waals surface area (Å²) in [6.07, 6.45) is 0.221. The molecule has 1 aromatic heterocycles. The lowest BCUT2D eigenvalue weighted by atomic mass is 10.1. The number of para-hydroxylation sites is 1. The van der Waals surface area contributed by atoms with Crippen LogP contribution in [0, 0.1) is 5.82 Å². The minimum Gasteiger partial charge on any atom is -0.325 e. The fourth-order valence-electron chi connectivity index (χ4n) is 2.22. The summed E-state index contributed by atoms with van der Waals surface area (Å²) in [6.45, 7) is 0. The standard InChI is InChI=1S/C18H14FNOS/c19-14-9-7-13(8-10-14)12-18(21)20-16-5-2-1-4-15(16)17-6-3-11-22-17/h1-11H,12H2,(H,20,21). The molecule has 22 heavy (non-hydrogen) atoms. The Morgan fingerprint density at radius 1 is 1.00 bits per heavy atom. The molecule has 0 aliphatic rings. The molecule has 2 nitrogen and oxygen atoms in total. The molecule has 1 amide bonds. The molecule has 1 heterocycles. The fourth-order valence-corrected chi connectivity index (χ4v) is 2.99. The molecule has 0 saturated heterocycles. The van der Waals surface area contributed by atoms with Gasteiger partial charge in [-0.05, 0) is 35.2 Å². The number of hydrogen-bond acceptors (Lipinski definition) is 2. The van der Waals surface area contributed by atoms with Crippen molar-refractivity contribution in [1.82, 2.24) is 0 Å². The third kappa shape index (κ3) is 3.40. The smallest absolute Gasteiger partial charge is 0.228 e. The zero-order valence-electron chi connectivity index (χ0n) is 11.8. The van der Waals surface area contributed by atoms with Crippen LogP contribution in [-0.2, 0) is 11.2 Å². The highest BCUT2D eigenvalue weighted by Crippen LogP contribution is 2.31. The number of halogens is 1. The van der Waals surface area contributed by atoms with Crippen molar-refractivity contribution in [3.05, 3.63) is 77.4 Å². The average Bonchev–Trinajstić information content (AvgIpc) is 3.04. The van der Waals surface area contributed by atoms with Gasteiger partial charge < -0.3 is 5.32 Å². The summed E-state index contributed by atoms with van der Waals surface area (Å²) < 4.78 is 12.9. The van der Waals surface area contributed by atoms with Crippen molar-refractivity contribution in [1.29, 1.82) is 0 Å². The van der Waals surface area contributed by atoms with Crippen LogP contribution in [0.15, 0.2) is 66.0 Å². The quantitative estimate of drug-likeness (QED) is 0.741. The van der Waals surface area contributed by atoms with Gasteiger partial charge in [-0.25, -0.2) is 4.39 Å². The molecule has 1 N–H and O–H groups in total. The average molecular weight is 311 g/mol. The van der Waals surface area contributed by atoms with Crippen LogP contribution in [0.1, 0.15) is 5.56 Å². The second-order valence-electron chi connectivity index (χ2n) is 4.87. The second-order valence-corrected chi connectivity index (χ2v) is 5.82. The van der Waals surface area contributed by atoms with Crippen LogP contribution in [0.3, 0.4) is 0 Å². The van der Waals surface area contributed by atoms with Crippen molar-refractivity contribution in [2.75, 3.05) is 5.32 Å². The van der Waals surface area contributed by atoms with Crippen LogP contribution in [0.25, 0.3) is 10.4 Å². The molecule has 110 valence electrons. The third-order valence-corrected chi connectivity index (χ3v) is 4.17. The Bertz CT molecular complexity index is 766. The Hall–Kier alpha value is -2.46. The molecule has 0 aliphatic carbocycles. The first kappa shape index (κ1) is 14.5. The summed E-state index contributed by atoms with van der Waals surface area (Å²) >= 11 is 1.63. The summed E-state index contributed by atoms with van der Waals surface area (Å²) in [5.74, 6) is -0.414. The maximum atomic E-state index is 12.9. The number of thiophene rings is 1. The zero-order valence-corrected chi connectivity index (χ0v) is 12.6. The fraction of sp³-hybridized carbons (Fsp3) is 0.0556. The van der Waals surface area contributed by atoms with Gasteiger partial charge in [0.1, 0.15) is 5.82 Å². The summed E-state index contributed by atoms with van der Waals surface area (Å²) in [5, 5.41) is 4.94. The van der Waals surface area contributed by atoms with Crippen molar-refractivity contribution in [3.63, 3.8) is 0 Å². The van der Waals surface area contributed by atoms with E-state index in [0.29, 0.717) is 0 Å². The van der Waals surface area contributed by atoms with Crippen LogP contribution in [-0.4, -0.2) is 5.91 Å². The van der Waals surface area contributed by atoms with E-state index in [9.17, 15) is 9.18 Å². The summed E-state index contributed by atoms with van der Waals surface area (Å²) in [6, 6.07) is 17.7. The largest absolute Gasteiger partial charge is 0.325 e. The van der Waals surface area contributed by atoms with Crippen molar-refractivity contribution in [2.45, 2.75) is 6.42 Å². The molecule has 3 rings (SSSR count). The maximum absolute atomic E-state index is 12.9. The van der Waals surface area contributed by atoms with E-state index in [-0.39, 0.29) is 18.1 Å². The van der Waals surface area contributed by atoms with Crippen molar-refractivity contribution < 1.29 is 9.18 Å². The molecule has 0 fully saturated rings. The number of hydrogen-bond donors (Lipinski definition) is 1. The van der Waals surface area contributed by atoms with Crippen LogP contribution < -0.4 is 5.32 Å². The topological polar surface area (TPSA) is 29.1 Å². The highest BCUT2D eigenvalue weighted by molar-refractivity contribution is 7.13. The molecule has 0 bridgehead atoms. The molecule has 0 atom stereocenters. The van der Waals surface area contributed by atoms with Gasteiger partial charge in [0.25, 0.3) is 0 Å². The highest BCUT2D eigenvalue weighted by atomic mass is 32.1. The van der Waals surface area contributed by atoms with Gasteiger partial charge in [-0.15, -0.1) is 11.3 Å². The Morgan fingerprint density at radius 2 is 1.77 bits per heavy atom. The molecule has 0 saturated carbocycles. The van der Waals surface area contributed by atoms with E-state index in [4.69, 9.17) is 0 Å². The molecular weight excluding hydrogens is 297 g/mol. The first-order valence-electron chi connectivity index (χ1n) is 6.89. The van der Waals surface area contributed by atoms with Crippen LogP contribution in [0.4, 0.5) is 10.1 Å². The highest BCUT2D eigenvalue weighted by Gasteiger charge is 2.09. The molecular formula is C18H14FNOS. The summed E-state index contributed by atoms with van der Waals surface area (Å²) in [7, 11) is 0. The minimum absolute atomic E-state index is 0.115. The first-order valence-corrected chi connectivity index (χ1v) is 7.77. The molecule has 2 aromatic carbocycles. The summed E-state index contributed by atoms with van der Waals surface area (Å²) in [4.78, 5) is 13.3. The molecule has 4 heteroatoms. The monoisotopic (exact) mass is 311 g/mol. The predicted molar refractivity (Wildman–Crippen MR) is 88.5 cm³/mol. The van der Waals surface area contributed by atoms with E-state index in [1.165, 1.54) is 12.1 Å². The van der Waals surface area contributed by atoms with Crippen molar-refractivity contribution in [2.24, 2.45) is 0 Å². The van der Waals surface area contributed by atoms with Gasteiger partial charge in [-0.3, -0.25) is 4.79 Å². The number of benzene rings is 2. The first-order chi connectivity index (χ1) is 10.7. The molecule has 0 spiro atoms. The Morgan fingerprint density at radius 3 is 2.50 bits per heavy atom. The van der Waals surface area contributed by atoms with Gasteiger partial charge in [-0.1, -0.05) is 36.4 Å². The van der Waals surface area contributed by atoms with Gasteiger partial charge in [0, 0.05) is 16.1 Å². The van der Waals surface area contributed by atoms with Crippen molar-refractivity contribution >= 4 is 22.9 Å². The van der Waals surface area contributed by atoms with Gasteiger partial charge in [0.2, 0.25) is 5.91 Å². The molecule has 0 radical (unpaired) electrons. The van der Waals surface area contributed by atoms with Crippen LogP contribution in [0.5, 0.6) is 0 Å². The van der Waals surface area contributed by atoms with E-state index >= 15 is 0 Å². The van der Waals surface area contributed by atoms with Crippen LogP contribution in [0.2, 0.25) is 0 Å². The van der Waals surface area contributed by atoms with Crippen LogP contribution >= 0.6 is 11.3 Å². The molecule has 0 unspecified atom stereocenters. The third-order valence-electron chi connectivity index (χ3n) is 3.27. The van der Waals surface area contributed by atoms with E-state index in [1.807, 2.05) is 41.8 Å². The Balaban J connectivity index is 1.76. The van der Waals surface area contributed by atoms with Gasteiger partial charge >= 0.3 is 0 Å². The number of amides is 1. The predicted octanol–water partition coefficient (Wildman–Crippen LogP) is 4.74. The lowest BCUT2D eigenvalue weighted by Gasteiger charge is -2.10. The zero-order chi connectivity index (χ0) is 15.4. The number of nitrogens with one attached hydrogen (secondary N) is 1. The van der Waals surface area contributed by atoms with E-state index < -0.39 is 0 Å². The SMILES string of the molecule is O=C(Cc1ccc(F)cc1)Nc1ccccc1-c1cccs1. The maximum Gasteiger partial charge on any atom is 0.228 e. The Labute approximate surface area is 132 Å². The molecule has 3 aromatic rings. The number of carbonyl (C=O) groups excluding carboxylic acids is 1. The minimum atomic E-state index is -0.299. The number of anilines is 1. The normalized spacial score (nSPS) is 10.4. The number of rotatable bonds is 4. The lowest BCUT2D eigenvalue weighted by molar-refractivity contribution is -0.115. The van der Waals surface area contributed by atoms with E-state index in [2.05, 4.69) is 5.32 Å².